The first-order valence-electron chi connectivity index (χ1n) is 25.4. The molecule has 2 saturated heterocycles. The summed E-state index contributed by atoms with van der Waals surface area (Å²) in [6.07, 6.45) is -0.133. The topological polar surface area (TPSA) is 143 Å². The van der Waals surface area contributed by atoms with Gasteiger partial charge in [-0.25, -0.2) is 17.6 Å². The van der Waals surface area contributed by atoms with Crippen LogP contribution in [-0.4, -0.2) is 107 Å². The van der Waals surface area contributed by atoms with E-state index in [0.717, 1.165) is 12.2 Å². The smallest absolute Gasteiger partial charge is 0.193 e. The van der Waals surface area contributed by atoms with Crippen molar-refractivity contribution in [2.24, 2.45) is 57.2 Å². The van der Waals surface area contributed by atoms with E-state index < -0.39 is 141 Å². The van der Waals surface area contributed by atoms with Gasteiger partial charge in [-0.15, -0.1) is 0 Å². The number of ether oxygens (including phenoxy) is 1. The van der Waals surface area contributed by atoms with Gasteiger partial charge in [-0.1, -0.05) is 49.2 Å². The fraction of sp³-hybridized carbons (Fsp3) is 0.571. The van der Waals surface area contributed by atoms with Gasteiger partial charge in [-0.2, -0.15) is 0 Å². The number of nitrogens with zero attached hydrogens (tertiary/aromatic N) is 2. The maximum Gasteiger partial charge on any atom is 0.193 e. The molecule has 10 aliphatic rings. The highest BCUT2D eigenvalue weighted by Gasteiger charge is 2.82. The molecular weight excluding hydrogens is 992 g/mol. The third-order valence-corrected chi connectivity index (χ3v) is 21.3. The molecule has 73 heavy (non-hydrogen) atoms. The number of benzene rings is 2. The average Bonchev–Trinajstić information content (AvgIpc) is 4.06. The van der Waals surface area contributed by atoms with Gasteiger partial charge in [0, 0.05) is 55.4 Å². The van der Waals surface area contributed by atoms with Crippen LogP contribution < -0.4 is 10.1 Å². The molecule has 388 valence electrons. The summed E-state index contributed by atoms with van der Waals surface area (Å²) in [5.74, 6) is -6.87. The zero-order valence-corrected chi connectivity index (χ0v) is 42.4. The monoisotopic (exact) mass is 1050 g/mol. The van der Waals surface area contributed by atoms with Crippen molar-refractivity contribution in [3.63, 3.8) is 0 Å². The molecule has 12 rings (SSSR count). The summed E-state index contributed by atoms with van der Waals surface area (Å²) in [6.45, 7) is 5.58. The third kappa shape index (κ3) is 6.18. The Hall–Kier alpha value is -4.22. The van der Waals surface area contributed by atoms with Crippen molar-refractivity contribution in [3.8, 4) is 0 Å². The Kier molecular flexibility index (Phi) is 11.0. The largest absolute Gasteiger partial charge is 0.390 e. The SMILES string of the molecule is C[C@]12C=CC(=O)C=C1[C@@H](F)C[C@H]1[C@@H]3C[C@H]4CN(c5ccc(Cl)cc5)O[C@@]4(C(=O)COCC(=O)[C@@]45ON(c6ccc(Cl)cc6)C[C@@H]4C[C@H]4[C@@H]6C[C@H](F)C7=CC(=O)C=C[C@]7(C)[C@@]6(F)[C@@H](O)C[C@@]45C)[C@@]3(C)C[C@H](O)[C@@]12F. The summed E-state index contributed by atoms with van der Waals surface area (Å²) in [5, 5.41) is 28.6. The van der Waals surface area contributed by atoms with Gasteiger partial charge in [0.25, 0.3) is 0 Å². The Morgan fingerprint density at radius 2 is 1.00 bits per heavy atom. The lowest BCUT2D eigenvalue weighted by Crippen LogP contribution is -2.71. The minimum atomic E-state index is -2.41. The lowest BCUT2D eigenvalue weighted by Gasteiger charge is -2.63. The van der Waals surface area contributed by atoms with Gasteiger partial charge in [0.2, 0.25) is 0 Å². The average molecular weight is 1050 g/mol. The van der Waals surface area contributed by atoms with Crippen LogP contribution in [0.5, 0.6) is 0 Å². The van der Waals surface area contributed by atoms with E-state index in [9.17, 15) is 19.8 Å². The molecule has 11 nitrogen and oxygen atoms in total. The second-order valence-corrected chi connectivity index (χ2v) is 24.5. The standard InChI is InChI=1S/C56H58Cl2F4N2O9/c1-49-15-13-35(65)19-41(49)43(59)21-39-37-17-29-25-63(33-9-5-31(57)6-10-33)72-55(29,51(37,3)23-45(67)53(39,49)61)47(69)27-71-28-48(70)56-30(26-64(73-56)34-11-7-32(58)8-12-34)18-38-40-22-44(60)42-20-36(66)14-16-50(42,2)54(40,62)46(68)24-52(38,56)4/h5-16,19-20,29-30,37-40,43-46,67-68H,17-18,21-28H2,1-4H3/t29-,30-,37-,38-,39-,40-,43-,44-,45-,46-,49-,50-,51-,52-,53-,54-,55-,56-/m0/s1. The maximum absolute atomic E-state index is 18.3. The first-order chi connectivity index (χ1) is 34.4. The van der Waals surface area contributed by atoms with E-state index in [0.29, 0.717) is 21.4 Å². The number of alkyl halides is 4. The number of hydroxylamine groups is 2. The Balaban J connectivity index is 0.873. The number of carbonyl (C=O) groups excluding carboxylic acids is 4. The van der Waals surface area contributed by atoms with E-state index in [2.05, 4.69) is 0 Å². The number of Topliss-reactive ketones (excluding diaryl/α,β-unsaturated/α-hetero) is 2. The number of fused-ring (bicyclic) bond motifs is 14. The number of ketones is 4. The molecule has 0 amide bonds. The molecule has 0 aromatic heterocycles. The van der Waals surface area contributed by atoms with Gasteiger partial charge in [-0.05, 0) is 148 Å². The summed E-state index contributed by atoms with van der Waals surface area (Å²) in [5.41, 5.74) is -13.1. The number of hydrogen-bond acceptors (Lipinski definition) is 11. The lowest BCUT2D eigenvalue weighted by atomic mass is 9.44. The van der Waals surface area contributed by atoms with Gasteiger partial charge in [0.15, 0.2) is 45.7 Å². The molecule has 2 aromatic rings. The number of carbonyl (C=O) groups is 4. The number of aliphatic hydroxyl groups excluding tert-OH is 2. The highest BCUT2D eigenvalue weighted by molar-refractivity contribution is 6.31. The zero-order chi connectivity index (χ0) is 51.8. The number of rotatable bonds is 8. The highest BCUT2D eigenvalue weighted by Crippen LogP contribution is 2.75. The van der Waals surface area contributed by atoms with Gasteiger partial charge >= 0.3 is 0 Å². The fourth-order valence-electron chi connectivity index (χ4n) is 17.5. The highest BCUT2D eigenvalue weighted by atomic mass is 35.5. The van der Waals surface area contributed by atoms with Crippen molar-refractivity contribution in [2.75, 3.05) is 36.4 Å². The fourth-order valence-corrected chi connectivity index (χ4v) is 17.7. The van der Waals surface area contributed by atoms with E-state index in [-0.39, 0.29) is 62.8 Å². The lowest BCUT2D eigenvalue weighted by molar-refractivity contribution is -0.229. The van der Waals surface area contributed by atoms with Gasteiger partial charge in [-0.3, -0.25) is 39.0 Å². The third-order valence-electron chi connectivity index (χ3n) is 20.8. The van der Waals surface area contributed by atoms with Crippen LogP contribution in [0.3, 0.4) is 0 Å². The Bertz CT molecular complexity index is 2680. The van der Waals surface area contributed by atoms with E-state index in [4.69, 9.17) is 37.6 Å². The van der Waals surface area contributed by atoms with Crippen molar-refractivity contribution in [3.05, 3.63) is 106 Å². The number of halogens is 6. The second-order valence-electron chi connectivity index (χ2n) is 23.7. The van der Waals surface area contributed by atoms with Crippen molar-refractivity contribution >= 4 is 57.7 Å². The molecule has 18 atom stereocenters. The first kappa shape index (κ1) is 49.6. The molecule has 6 saturated carbocycles. The van der Waals surface area contributed by atoms with Crippen molar-refractivity contribution in [1.82, 2.24) is 0 Å². The quantitative estimate of drug-likeness (QED) is 0.245. The van der Waals surface area contributed by atoms with Gasteiger partial charge < -0.3 is 14.9 Å². The number of hydrogen-bond donors (Lipinski definition) is 2. The molecule has 2 heterocycles. The minimum absolute atomic E-state index is 0.0166. The molecule has 2 aliphatic heterocycles. The molecule has 2 N–H and O–H groups in total. The molecule has 8 fully saturated rings. The molecular formula is C56H58Cl2F4N2O9. The van der Waals surface area contributed by atoms with Crippen LogP contribution in [0.25, 0.3) is 0 Å². The normalized spacial score (nSPS) is 46.8. The molecule has 0 spiro atoms. The summed E-state index contributed by atoms with van der Waals surface area (Å²) >= 11 is 12.5. The van der Waals surface area contributed by atoms with Crippen molar-refractivity contribution < 1.29 is 61.4 Å². The van der Waals surface area contributed by atoms with Gasteiger partial charge in [0.05, 0.1) is 36.7 Å². The number of allylic oxidation sites excluding steroid dienone is 8. The Morgan fingerprint density at radius 1 is 0.630 bits per heavy atom. The van der Waals surface area contributed by atoms with Crippen LogP contribution in [0.4, 0.5) is 28.9 Å². The van der Waals surface area contributed by atoms with Crippen LogP contribution in [-0.2, 0) is 33.6 Å². The van der Waals surface area contributed by atoms with Crippen molar-refractivity contribution in [1.29, 1.82) is 0 Å². The van der Waals surface area contributed by atoms with E-state index in [1.807, 2.05) is 0 Å². The number of aliphatic hydroxyl groups is 2. The minimum Gasteiger partial charge on any atom is -0.390 e. The van der Waals surface area contributed by atoms with E-state index >= 15 is 27.2 Å². The molecule has 2 aromatic carbocycles. The molecule has 0 bridgehead atoms. The summed E-state index contributed by atoms with van der Waals surface area (Å²) < 4.78 is 75.8. The Labute approximate surface area is 430 Å². The van der Waals surface area contributed by atoms with Crippen LogP contribution in [0.15, 0.2) is 96.1 Å². The molecule has 17 heteroatoms. The molecule has 0 unspecified atom stereocenters. The Morgan fingerprint density at radius 3 is 1.37 bits per heavy atom. The summed E-state index contributed by atoms with van der Waals surface area (Å²) in [4.78, 5) is 69.8. The predicted octanol–water partition coefficient (Wildman–Crippen LogP) is 8.92. The summed E-state index contributed by atoms with van der Waals surface area (Å²) in [7, 11) is 0. The maximum atomic E-state index is 18.3. The molecule has 8 aliphatic carbocycles. The van der Waals surface area contributed by atoms with Crippen molar-refractivity contribution in [2.45, 2.75) is 113 Å². The van der Waals surface area contributed by atoms with Gasteiger partial charge in [0.1, 0.15) is 25.6 Å². The zero-order valence-electron chi connectivity index (χ0n) is 40.8. The molecule has 0 radical (unpaired) electrons. The second kappa shape index (κ2) is 16.2. The van der Waals surface area contributed by atoms with Crippen LogP contribution in [0.1, 0.15) is 66.2 Å². The predicted molar refractivity (Wildman–Crippen MR) is 261 cm³/mol. The van der Waals surface area contributed by atoms with E-state index in [1.165, 1.54) is 38.2 Å². The van der Waals surface area contributed by atoms with E-state index in [1.54, 1.807) is 72.5 Å². The van der Waals surface area contributed by atoms with Crippen LogP contribution >= 0.6 is 23.2 Å². The summed E-state index contributed by atoms with van der Waals surface area (Å²) in [6, 6.07) is 13.6. The first-order valence-corrected chi connectivity index (χ1v) is 26.2. The van der Waals surface area contributed by atoms with Crippen LogP contribution in [0, 0.1) is 57.2 Å². The van der Waals surface area contributed by atoms with Crippen LogP contribution in [0.2, 0.25) is 10.0 Å². The number of anilines is 2.